The highest BCUT2D eigenvalue weighted by atomic mass is 19.1. The number of aromatic amines is 1. The summed E-state index contributed by atoms with van der Waals surface area (Å²) in [5.74, 6) is -2.30. The van der Waals surface area contributed by atoms with E-state index >= 15 is 4.39 Å². The predicted molar refractivity (Wildman–Crippen MR) is 109 cm³/mol. The van der Waals surface area contributed by atoms with Gasteiger partial charge in [0.05, 0.1) is 22.3 Å². The Morgan fingerprint density at radius 1 is 1.06 bits per heavy atom. The van der Waals surface area contributed by atoms with E-state index in [-0.39, 0.29) is 45.3 Å². The predicted octanol–water partition coefficient (Wildman–Crippen LogP) is 2.63. The third kappa shape index (κ3) is 2.86. The molecule has 2 aromatic carbocycles. The number of nitrogens with two attached hydrogens (primary N) is 1. The molecule has 0 spiro atoms. The normalized spacial score (nSPS) is 19.1. The van der Waals surface area contributed by atoms with Crippen LogP contribution >= 0.6 is 0 Å². The van der Waals surface area contributed by atoms with Crippen LogP contribution in [0, 0.1) is 23.4 Å². The average Bonchev–Trinajstić information content (AvgIpc) is 3.26. The molecule has 2 atom stereocenters. The van der Waals surface area contributed by atoms with Gasteiger partial charge in [-0.3, -0.25) is 14.2 Å². The van der Waals surface area contributed by atoms with Crippen molar-refractivity contribution in [1.82, 2.24) is 9.72 Å². The van der Waals surface area contributed by atoms with E-state index in [1.165, 1.54) is 10.6 Å². The fraction of sp³-hybridized carbons (Fsp3) is 0.238. The lowest BCUT2D eigenvalue weighted by molar-refractivity contribution is 0.436. The molecular formula is C21H17F3N4O3. The monoisotopic (exact) mass is 430 g/mol. The van der Waals surface area contributed by atoms with E-state index in [1.54, 1.807) is 4.90 Å². The Morgan fingerprint density at radius 2 is 1.81 bits per heavy atom. The van der Waals surface area contributed by atoms with E-state index < -0.39 is 28.4 Å². The molecule has 0 saturated carbocycles. The minimum atomic E-state index is -0.946. The Labute approximate surface area is 172 Å². The molecule has 160 valence electrons. The molecule has 1 aliphatic heterocycles. The van der Waals surface area contributed by atoms with Crippen molar-refractivity contribution in [3.63, 3.8) is 0 Å². The lowest BCUT2D eigenvalue weighted by Crippen LogP contribution is -2.28. The van der Waals surface area contributed by atoms with Crippen LogP contribution in [0.4, 0.5) is 18.9 Å². The van der Waals surface area contributed by atoms with Gasteiger partial charge in [0, 0.05) is 25.2 Å². The number of hydrogen-bond donors (Lipinski definition) is 2. The summed E-state index contributed by atoms with van der Waals surface area (Å²) < 4.78 is 49.6. The van der Waals surface area contributed by atoms with Gasteiger partial charge in [0.1, 0.15) is 17.5 Å². The van der Waals surface area contributed by atoms with E-state index in [2.05, 4.69) is 5.16 Å². The first-order chi connectivity index (χ1) is 14.8. The first-order valence-corrected chi connectivity index (χ1v) is 9.61. The summed E-state index contributed by atoms with van der Waals surface area (Å²) in [6, 6.07) is 5.11. The lowest BCUT2D eigenvalue weighted by Gasteiger charge is -2.21. The molecule has 5 rings (SSSR count). The molecule has 4 aromatic rings. The molecule has 3 heterocycles. The van der Waals surface area contributed by atoms with Gasteiger partial charge in [-0.2, -0.15) is 5.16 Å². The van der Waals surface area contributed by atoms with E-state index in [0.29, 0.717) is 19.2 Å². The minimum Gasteiger partial charge on any atom is -0.367 e. The minimum absolute atomic E-state index is 0.107. The zero-order valence-electron chi connectivity index (χ0n) is 16.3. The number of nitrogens with one attached hydrogen (secondary N) is 1. The lowest BCUT2D eigenvalue weighted by atomic mass is 10.1. The van der Waals surface area contributed by atoms with Crippen molar-refractivity contribution in [2.45, 2.75) is 13.0 Å². The number of aromatic nitrogens is 2. The van der Waals surface area contributed by atoms with Crippen molar-refractivity contribution in [1.29, 1.82) is 0 Å². The second-order valence-corrected chi connectivity index (χ2v) is 7.84. The molecule has 0 radical (unpaired) electrons. The summed E-state index contributed by atoms with van der Waals surface area (Å²) in [4.78, 5) is 26.8. The molecule has 1 fully saturated rings. The number of rotatable bonds is 2. The molecule has 1 saturated heterocycles. The smallest absolute Gasteiger partial charge is 0.293 e. The number of anilines is 1. The van der Waals surface area contributed by atoms with Crippen LogP contribution in [0.1, 0.15) is 6.92 Å². The van der Waals surface area contributed by atoms with Crippen molar-refractivity contribution < 1.29 is 17.7 Å². The molecule has 3 N–H and O–H groups in total. The van der Waals surface area contributed by atoms with Crippen LogP contribution in [0.3, 0.4) is 0 Å². The Morgan fingerprint density at radius 3 is 2.48 bits per heavy atom. The molecular weight excluding hydrogens is 413 g/mol. The number of benzene rings is 2. The van der Waals surface area contributed by atoms with Gasteiger partial charge in [-0.1, -0.05) is 6.92 Å². The van der Waals surface area contributed by atoms with Crippen LogP contribution in [0.25, 0.3) is 27.7 Å². The van der Waals surface area contributed by atoms with Gasteiger partial charge in [0.2, 0.25) is 11.1 Å². The highest BCUT2D eigenvalue weighted by Gasteiger charge is 2.30. The number of H-pyrrole nitrogens is 1. The maximum atomic E-state index is 15.0. The molecule has 10 heteroatoms. The van der Waals surface area contributed by atoms with Gasteiger partial charge in [-0.25, -0.2) is 13.2 Å². The highest BCUT2D eigenvalue weighted by Crippen LogP contribution is 2.32. The zero-order valence-corrected chi connectivity index (χ0v) is 16.3. The Bertz CT molecular complexity index is 1460. The van der Waals surface area contributed by atoms with Crippen LogP contribution in [0.5, 0.6) is 0 Å². The van der Waals surface area contributed by atoms with E-state index in [0.717, 1.165) is 18.2 Å². The van der Waals surface area contributed by atoms with Crippen LogP contribution in [0.2, 0.25) is 0 Å². The van der Waals surface area contributed by atoms with Crippen molar-refractivity contribution in [2.24, 2.45) is 11.7 Å². The van der Waals surface area contributed by atoms with Crippen LogP contribution in [-0.2, 0) is 0 Å². The third-order valence-electron chi connectivity index (χ3n) is 5.82. The molecule has 1 aliphatic rings. The summed E-state index contributed by atoms with van der Waals surface area (Å²) >= 11 is 0. The second kappa shape index (κ2) is 6.74. The van der Waals surface area contributed by atoms with Crippen LogP contribution in [0.15, 0.2) is 44.4 Å². The molecule has 2 unspecified atom stereocenters. The average molecular weight is 430 g/mol. The van der Waals surface area contributed by atoms with Gasteiger partial charge in [-0.05, 0) is 30.2 Å². The maximum Gasteiger partial charge on any atom is 0.293 e. The maximum absolute atomic E-state index is 15.0. The highest BCUT2D eigenvalue weighted by molar-refractivity contribution is 5.94. The summed E-state index contributed by atoms with van der Waals surface area (Å²) in [5, 5.41) is 1.53. The number of pyridine rings is 1. The first kappa shape index (κ1) is 19.4. The SMILES string of the molecule is CC1CN(c2cc3c(cc2F)c(=O)c2c(=O)[nH]oc2n3-c2ccc(F)cc2F)CC1N. The van der Waals surface area contributed by atoms with Gasteiger partial charge in [0.25, 0.3) is 5.56 Å². The molecule has 0 aliphatic carbocycles. The first-order valence-electron chi connectivity index (χ1n) is 9.61. The van der Waals surface area contributed by atoms with Gasteiger partial charge < -0.3 is 15.2 Å². The number of nitrogens with zero attached hydrogens (tertiary/aromatic N) is 2. The fourth-order valence-electron chi connectivity index (χ4n) is 4.15. The Kier molecular flexibility index (Phi) is 4.23. The number of hydrogen-bond acceptors (Lipinski definition) is 5. The van der Waals surface area contributed by atoms with E-state index in [1.807, 2.05) is 6.92 Å². The van der Waals surface area contributed by atoms with E-state index in [9.17, 15) is 18.4 Å². The number of halogens is 3. The van der Waals surface area contributed by atoms with Crippen LogP contribution < -0.4 is 21.6 Å². The quantitative estimate of drug-likeness (QED) is 0.510. The fourth-order valence-corrected chi connectivity index (χ4v) is 4.15. The largest absolute Gasteiger partial charge is 0.367 e. The standard InChI is InChI=1S/C21H17F3N4O3/c1-9-7-27(8-14(9)25)17-6-16-11(5-13(17)24)19(29)18-20(30)26-31-21(18)28(16)15-3-2-10(22)4-12(15)23/h2-6,9,14H,7-8,25H2,1H3,(H,26,30). The van der Waals surface area contributed by atoms with Gasteiger partial charge in [-0.15, -0.1) is 0 Å². The van der Waals surface area contributed by atoms with Crippen LogP contribution in [-0.4, -0.2) is 28.9 Å². The van der Waals surface area contributed by atoms with Gasteiger partial charge >= 0.3 is 0 Å². The summed E-state index contributed by atoms with van der Waals surface area (Å²) in [6.45, 7) is 2.85. The topological polar surface area (TPSA) is 97.3 Å². The second-order valence-electron chi connectivity index (χ2n) is 7.84. The molecule has 7 nitrogen and oxygen atoms in total. The van der Waals surface area contributed by atoms with Crippen molar-refractivity contribution in [3.8, 4) is 5.69 Å². The zero-order chi connectivity index (χ0) is 22.0. The molecule has 0 bridgehead atoms. The Hall–Kier alpha value is -3.53. The molecule has 0 amide bonds. The van der Waals surface area contributed by atoms with E-state index in [4.69, 9.17) is 10.3 Å². The van der Waals surface area contributed by atoms with Gasteiger partial charge in [0.15, 0.2) is 5.39 Å². The Balaban J connectivity index is 1.90. The molecule has 2 aromatic heterocycles. The number of fused-ring (bicyclic) bond motifs is 2. The summed E-state index contributed by atoms with van der Waals surface area (Å²) in [6.07, 6.45) is 0. The van der Waals surface area contributed by atoms with Crippen molar-refractivity contribution in [2.75, 3.05) is 18.0 Å². The third-order valence-corrected chi connectivity index (χ3v) is 5.82. The molecule has 31 heavy (non-hydrogen) atoms. The van der Waals surface area contributed by atoms with Crippen molar-refractivity contribution >= 4 is 27.7 Å². The summed E-state index contributed by atoms with van der Waals surface area (Å²) in [5.41, 5.74) is 4.35. The summed E-state index contributed by atoms with van der Waals surface area (Å²) in [7, 11) is 0. The van der Waals surface area contributed by atoms with Crippen molar-refractivity contribution in [3.05, 3.63) is 68.4 Å².